The lowest BCUT2D eigenvalue weighted by Gasteiger charge is -2.18. The summed E-state index contributed by atoms with van der Waals surface area (Å²) in [5.41, 5.74) is 31.7. The number of rotatable bonds is 12. The summed E-state index contributed by atoms with van der Waals surface area (Å²) in [6.45, 7) is 0. The fourth-order valence-corrected chi connectivity index (χ4v) is 18.1. The van der Waals surface area contributed by atoms with Crippen LogP contribution in [0, 0.1) is 0 Å². The number of aromatic nitrogens is 2. The van der Waals surface area contributed by atoms with Crippen LogP contribution in [0.4, 0.5) is 0 Å². The average Bonchev–Trinajstić information content (AvgIpc) is 1.65. The summed E-state index contributed by atoms with van der Waals surface area (Å²) in [7, 11) is 0. The lowest BCUT2D eigenvalue weighted by atomic mass is 9.86. The van der Waals surface area contributed by atoms with Crippen molar-refractivity contribution >= 4 is 86.7 Å². The van der Waals surface area contributed by atoms with Gasteiger partial charge in [0.25, 0.3) is 0 Å². The van der Waals surface area contributed by atoms with Crippen molar-refractivity contribution in [2.75, 3.05) is 0 Å². The lowest BCUT2D eigenvalue weighted by molar-refractivity contribution is 1.18. The van der Waals surface area contributed by atoms with Crippen LogP contribution in [-0.4, -0.2) is 9.13 Å². The Kier molecular flexibility index (Phi) is 17.0. The summed E-state index contributed by atoms with van der Waals surface area (Å²) in [6.07, 6.45) is 0. The van der Waals surface area contributed by atoms with E-state index in [1.165, 1.54) is 198 Å². The van der Waals surface area contributed by atoms with Crippen molar-refractivity contribution in [2.45, 2.75) is 0 Å². The second-order valence-electron chi connectivity index (χ2n) is 29.6. The Balaban J connectivity index is 0.000000146. The largest absolute Gasteiger partial charge is 0.309 e. The van der Waals surface area contributed by atoms with Gasteiger partial charge in [-0.25, -0.2) is 0 Å². The SMILES string of the molecule is c1ccc(-c2ccccc2-c2ccc3c(c2)c2cc(-c4ccccc4-c4ccccc4)ccc2n3-c2ccc(-c3c4ccccc4c(-c4ccccc4)c4ccccc34)cc2)cc1.c1ccc(-c2ccccc2-c2ccc3c(c2)c2ccccc2n3-c2ccc(-c3c4ccccc4c(-c4ccccc4)c4ccccc34)cc2)cc1. The van der Waals surface area contributed by atoms with Gasteiger partial charge in [0.2, 0.25) is 0 Å². The van der Waals surface area contributed by atoms with Gasteiger partial charge >= 0.3 is 0 Å². The summed E-state index contributed by atoms with van der Waals surface area (Å²) in [5, 5.41) is 15.1. The Hall–Kier alpha value is -15.0. The molecule has 0 bridgehead atoms. The van der Waals surface area contributed by atoms with Crippen molar-refractivity contribution in [1.82, 2.24) is 9.13 Å². The van der Waals surface area contributed by atoms with E-state index in [2.05, 4.69) is 458 Å². The molecule has 2 heterocycles. The predicted octanol–water partition coefficient (Wildman–Crippen LogP) is 30.9. The van der Waals surface area contributed by atoms with Crippen LogP contribution in [-0.2, 0) is 0 Å². The van der Waals surface area contributed by atoms with E-state index in [-0.39, 0.29) is 0 Å². The van der Waals surface area contributed by atoms with Gasteiger partial charge < -0.3 is 9.13 Å². The van der Waals surface area contributed by atoms with E-state index in [9.17, 15) is 0 Å². The second kappa shape index (κ2) is 28.8. The molecule has 22 rings (SSSR count). The fourth-order valence-electron chi connectivity index (χ4n) is 18.1. The Morgan fingerprint density at radius 3 is 0.570 bits per heavy atom. The standard InChI is InChI=1S/C62H41N.C50H33N/c1-4-18-42(19-5-1)49-24-10-12-26-51(49)46-34-38-59-57(40-46)58-41-47(52-27-13-11-25-50(52)43-20-6-2-7-21-43)35-39-60(58)63(59)48-36-32-45(33-37-48)62-55-30-16-14-28-53(55)61(44-22-8-3-9-23-44)54-29-15-17-31-56(54)62;1-3-15-34(16-4-1)39-19-7-8-20-40(39)37-29-32-48-46(33-37)41-21-13-14-26-47(41)51(48)38-30-27-36(28-31-38)50-44-24-11-9-22-42(44)49(35-17-5-2-6-18-35)43-23-10-12-25-45(43)50/h1-41H;1-33H. The first-order chi connectivity index (χ1) is 56.6. The third-order valence-electron chi connectivity index (χ3n) is 23.2. The van der Waals surface area contributed by atoms with Crippen LogP contribution in [0.1, 0.15) is 0 Å². The zero-order chi connectivity index (χ0) is 75.4. The molecule has 0 amide bonds. The van der Waals surface area contributed by atoms with Crippen molar-refractivity contribution in [3.63, 3.8) is 0 Å². The summed E-state index contributed by atoms with van der Waals surface area (Å²) in [4.78, 5) is 0. The number of nitrogens with zero attached hydrogens (tertiary/aromatic N) is 2. The van der Waals surface area contributed by atoms with E-state index in [0.717, 1.165) is 11.4 Å². The van der Waals surface area contributed by atoms with Crippen molar-refractivity contribution < 1.29 is 0 Å². The van der Waals surface area contributed by atoms with Crippen LogP contribution in [0.2, 0.25) is 0 Å². The van der Waals surface area contributed by atoms with Gasteiger partial charge in [0.05, 0.1) is 22.1 Å². The number of fused-ring (bicyclic) bond motifs is 10. The molecule has 532 valence electrons. The first-order valence-electron chi connectivity index (χ1n) is 39.4. The molecule has 0 saturated heterocycles. The van der Waals surface area contributed by atoms with Crippen LogP contribution >= 0.6 is 0 Å². The zero-order valence-corrected chi connectivity index (χ0v) is 62.6. The molecule has 0 N–H and O–H groups in total. The summed E-state index contributed by atoms with van der Waals surface area (Å²) < 4.78 is 4.86. The monoisotopic (exact) mass is 1450 g/mol. The third kappa shape index (κ3) is 11.7. The number of hydrogen-bond acceptors (Lipinski definition) is 0. The Morgan fingerprint density at radius 1 is 0.114 bits per heavy atom. The second-order valence-corrected chi connectivity index (χ2v) is 29.6. The minimum atomic E-state index is 1.13. The van der Waals surface area contributed by atoms with Crippen LogP contribution in [0.25, 0.3) is 209 Å². The molecule has 0 fully saturated rings. The van der Waals surface area contributed by atoms with Gasteiger partial charge in [-0.05, 0) is 221 Å². The van der Waals surface area contributed by atoms with Crippen molar-refractivity contribution in [1.29, 1.82) is 0 Å². The van der Waals surface area contributed by atoms with E-state index in [1.54, 1.807) is 0 Å². The highest BCUT2D eigenvalue weighted by molar-refractivity contribution is 6.23. The van der Waals surface area contributed by atoms with Gasteiger partial charge in [-0.1, -0.05) is 382 Å². The van der Waals surface area contributed by atoms with E-state index >= 15 is 0 Å². The van der Waals surface area contributed by atoms with Crippen LogP contribution < -0.4 is 0 Å². The maximum Gasteiger partial charge on any atom is 0.0541 e. The number of hydrogen-bond donors (Lipinski definition) is 0. The van der Waals surface area contributed by atoms with E-state index in [1.807, 2.05) is 0 Å². The molecule has 0 saturated carbocycles. The first-order valence-corrected chi connectivity index (χ1v) is 39.4. The highest BCUT2D eigenvalue weighted by Crippen LogP contribution is 2.49. The molecule has 0 aliphatic rings. The maximum absolute atomic E-state index is 2.45. The van der Waals surface area contributed by atoms with E-state index in [0.29, 0.717) is 0 Å². The molecule has 2 heteroatoms. The van der Waals surface area contributed by atoms with Crippen LogP contribution in [0.15, 0.2) is 449 Å². The molecule has 0 spiro atoms. The van der Waals surface area contributed by atoms with Crippen LogP contribution in [0.3, 0.4) is 0 Å². The lowest BCUT2D eigenvalue weighted by Crippen LogP contribution is -1.95. The third-order valence-corrected chi connectivity index (χ3v) is 23.2. The van der Waals surface area contributed by atoms with Crippen LogP contribution in [0.5, 0.6) is 0 Å². The Morgan fingerprint density at radius 2 is 0.298 bits per heavy atom. The molecular weight excluding hydrogens is 1370 g/mol. The quantitative estimate of drug-likeness (QED) is 0.108. The summed E-state index contributed by atoms with van der Waals surface area (Å²) >= 11 is 0. The smallest absolute Gasteiger partial charge is 0.0541 e. The van der Waals surface area contributed by atoms with Gasteiger partial charge in [0, 0.05) is 32.9 Å². The molecule has 2 nitrogen and oxygen atoms in total. The molecule has 0 radical (unpaired) electrons. The predicted molar refractivity (Wildman–Crippen MR) is 486 cm³/mol. The van der Waals surface area contributed by atoms with Gasteiger partial charge in [-0.2, -0.15) is 0 Å². The first kappa shape index (κ1) is 67.2. The normalized spacial score (nSPS) is 11.5. The molecule has 2 aromatic heterocycles. The van der Waals surface area contributed by atoms with Crippen molar-refractivity contribution in [3.05, 3.63) is 449 Å². The van der Waals surface area contributed by atoms with Crippen molar-refractivity contribution in [3.8, 4) is 123 Å². The molecule has 114 heavy (non-hydrogen) atoms. The maximum atomic E-state index is 2.45. The number of benzene rings is 20. The minimum Gasteiger partial charge on any atom is -0.309 e. The average molecular weight is 1450 g/mol. The molecule has 20 aromatic carbocycles. The molecule has 0 aliphatic carbocycles. The molecule has 0 unspecified atom stereocenters. The van der Waals surface area contributed by atoms with Gasteiger partial charge in [0.1, 0.15) is 0 Å². The number of para-hydroxylation sites is 1. The molecule has 0 atom stereocenters. The molecular formula is C112H74N2. The Bertz CT molecular complexity index is 7150. The Labute approximate surface area is 662 Å². The van der Waals surface area contributed by atoms with E-state index in [4.69, 9.17) is 0 Å². The molecule has 0 aliphatic heterocycles. The topological polar surface area (TPSA) is 9.86 Å². The summed E-state index contributed by atoms with van der Waals surface area (Å²) in [6, 6.07) is 164. The van der Waals surface area contributed by atoms with Gasteiger partial charge in [-0.15, -0.1) is 0 Å². The van der Waals surface area contributed by atoms with Crippen molar-refractivity contribution in [2.24, 2.45) is 0 Å². The fraction of sp³-hybridized carbons (Fsp3) is 0. The van der Waals surface area contributed by atoms with Gasteiger partial charge in [-0.3, -0.25) is 0 Å². The summed E-state index contributed by atoms with van der Waals surface area (Å²) in [5.74, 6) is 0. The highest BCUT2D eigenvalue weighted by atomic mass is 15.0. The van der Waals surface area contributed by atoms with Gasteiger partial charge in [0.15, 0.2) is 0 Å². The van der Waals surface area contributed by atoms with E-state index < -0.39 is 0 Å². The highest BCUT2D eigenvalue weighted by Gasteiger charge is 2.23. The zero-order valence-electron chi connectivity index (χ0n) is 62.6. The minimum absolute atomic E-state index is 1.13. The molecule has 22 aromatic rings.